The smallest absolute Gasteiger partial charge is 0.354 e. The lowest BCUT2D eigenvalue weighted by Crippen LogP contribution is -2.42. The molecule has 0 radical (unpaired) electrons. The second kappa shape index (κ2) is 12.6. The summed E-state index contributed by atoms with van der Waals surface area (Å²) in [4.78, 5) is 35.6. The summed E-state index contributed by atoms with van der Waals surface area (Å²) in [5.74, 6) is -0.806. The Kier molecular flexibility index (Phi) is 9.48. The molecule has 4 rings (SSSR count). The molecule has 248 valence electrons. The molecular weight excluding hydrogens is 617 g/mol. The number of carbonyl (C=O) groups excluding carboxylic acids is 2. The van der Waals surface area contributed by atoms with E-state index in [1.807, 2.05) is 11.8 Å². The van der Waals surface area contributed by atoms with Crippen LogP contribution in [-0.2, 0) is 27.4 Å². The molecule has 1 aliphatic rings. The van der Waals surface area contributed by atoms with Gasteiger partial charge in [0.15, 0.2) is 0 Å². The summed E-state index contributed by atoms with van der Waals surface area (Å²) >= 11 is 0. The summed E-state index contributed by atoms with van der Waals surface area (Å²) in [5.41, 5.74) is -3.61. The molecule has 2 amide bonds. The minimum absolute atomic E-state index is 0.0187. The number of pyridine rings is 1. The van der Waals surface area contributed by atoms with Crippen LogP contribution < -0.4 is 9.80 Å². The first-order chi connectivity index (χ1) is 21.2. The third kappa shape index (κ3) is 6.97. The fraction of sp³-hybridized carbons (Fsp3) is 0.424. The number of rotatable bonds is 7. The average Bonchev–Trinajstić information content (AvgIpc) is 3.45. The predicted molar refractivity (Wildman–Crippen MR) is 161 cm³/mol. The van der Waals surface area contributed by atoms with Gasteiger partial charge in [-0.2, -0.15) is 26.3 Å². The lowest BCUT2D eigenvalue weighted by molar-refractivity contribution is -0.143. The molecule has 0 saturated carbocycles. The van der Waals surface area contributed by atoms with E-state index in [0.29, 0.717) is 60.7 Å². The number of anilines is 2. The van der Waals surface area contributed by atoms with Crippen molar-refractivity contribution in [1.29, 1.82) is 0 Å². The van der Waals surface area contributed by atoms with E-state index in [-0.39, 0.29) is 23.7 Å². The lowest BCUT2D eigenvalue weighted by Gasteiger charge is -2.32. The molecule has 6 nitrogen and oxygen atoms in total. The van der Waals surface area contributed by atoms with E-state index < -0.39 is 46.2 Å². The normalized spacial score (nSPS) is 15.7. The first-order valence-corrected chi connectivity index (χ1v) is 14.6. The van der Waals surface area contributed by atoms with Gasteiger partial charge in [-0.3, -0.25) is 9.59 Å². The highest BCUT2D eigenvalue weighted by Crippen LogP contribution is 2.41. The van der Waals surface area contributed by atoms with Gasteiger partial charge in [0.05, 0.1) is 34.5 Å². The molecule has 1 aromatic heterocycles. The molecule has 0 N–H and O–H groups in total. The van der Waals surface area contributed by atoms with Gasteiger partial charge in [-0.15, -0.1) is 0 Å². The van der Waals surface area contributed by atoms with Crippen LogP contribution in [0, 0.1) is 12.7 Å². The van der Waals surface area contributed by atoms with Gasteiger partial charge in [0.1, 0.15) is 11.6 Å². The van der Waals surface area contributed by atoms with Crippen LogP contribution in [0.4, 0.5) is 42.2 Å². The van der Waals surface area contributed by atoms with Crippen LogP contribution in [0.3, 0.4) is 0 Å². The third-order valence-electron chi connectivity index (χ3n) is 8.53. The van der Waals surface area contributed by atoms with Crippen molar-refractivity contribution in [2.45, 2.75) is 64.8 Å². The molecule has 2 aromatic carbocycles. The number of carbonyl (C=O) groups is 2. The number of likely N-dealkylation sites (N-methyl/N-ethyl adjacent to an activating group) is 2. The van der Waals surface area contributed by atoms with Gasteiger partial charge in [0.2, 0.25) is 11.8 Å². The highest BCUT2D eigenvalue weighted by atomic mass is 19.4. The Balaban J connectivity index is 1.79. The van der Waals surface area contributed by atoms with E-state index in [9.17, 15) is 40.3 Å². The van der Waals surface area contributed by atoms with E-state index in [4.69, 9.17) is 0 Å². The van der Waals surface area contributed by atoms with Crippen LogP contribution >= 0.6 is 0 Å². The van der Waals surface area contributed by atoms with Crippen LogP contribution in [0.15, 0.2) is 48.7 Å². The Morgan fingerprint density at radius 3 is 2.04 bits per heavy atom. The molecule has 0 aliphatic carbocycles. The largest absolute Gasteiger partial charge is 0.416 e. The Bertz CT molecular complexity index is 1600. The van der Waals surface area contributed by atoms with Crippen LogP contribution in [0.25, 0.3) is 11.1 Å². The van der Waals surface area contributed by atoms with E-state index in [1.54, 1.807) is 17.9 Å². The summed E-state index contributed by atoms with van der Waals surface area (Å²) < 4.78 is 95.9. The number of aryl methyl sites for hydroxylation is 1. The van der Waals surface area contributed by atoms with Gasteiger partial charge < -0.3 is 14.7 Å². The number of nitrogens with zero attached hydrogens (tertiary/aromatic N) is 4. The summed E-state index contributed by atoms with van der Waals surface area (Å²) in [5, 5.41) is 0. The van der Waals surface area contributed by atoms with Crippen molar-refractivity contribution in [2.24, 2.45) is 0 Å². The van der Waals surface area contributed by atoms with E-state index in [1.165, 1.54) is 52.2 Å². The molecule has 46 heavy (non-hydrogen) atoms. The van der Waals surface area contributed by atoms with Gasteiger partial charge in [-0.1, -0.05) is 6.07 Å². The molecule has 1 saturated heterocycles. The van der Waals surface area contributed by atoms with Gasteiger partial charge >= 0.3 is 12.4 Å². The van der Waals surface area contributed by atoms with Crippen molar-refractivity contribution >= 4 is 23.3 Å². The maximum atomic E-state index is 14.1. The van der Waals surface area contributed by atoms with Gasteiger partial charge in [0, 0.05) is 39.2 Å². The summed E-state index contributed by atoms with van der Waals surface area (Å²) in [6.45, 7) is 9.21. The van der Waals surface area contributed by atoms with Gasteiger partial charge in [-0.25, -0.2) is 9.37 Å². The molecule has 0 unspecified atom stereocenters. The van der Waals surface area contributed by atoms with E-state index in [2.05, 4.69) is 4.98 Å². The van der Waals surface area contributed by atoms with Crippen molar-refractivity contribution in [3.8, 4) is 11.1 Å². The predicted octanol–water partition coefficient (Wildman–Crippen LogP) is 7.62. The third-order valence-corrected chi connectivity index (χ3v) is 8.53. The van der Waals surface area contributed by atoms with Gasteiger partial charge in [0.25, 0.3) is 0 Å². The maximum absolute atomic E-state index is 14.1. The molecule has 0 spiro atoms. The molecule has 2 heterocycles. The fourth-order valence-electron chi connectivity index (χ4n) is 5.93. The summed E-state index contributed by atoms with van der Waals surface area (Å²) in [7, 11) is 1.36. The first-order valence-electron chi connectivity index (χ1n) is 14.6. The standard InChI is InChI=1S/C33H35F7N4O2/c1-7-44(20(3)45)25-10-11-43(18-25)29-16-27(26-9-8-24(34)12-19(26)2)28(17-41-29)42(6)30(46)31(4,5)21-13-22(32(35,36)37)15-23(14-21)33(38,39)40/h8-9,12-17,25H,7,10-11,18H2,1-6H3/t25-/m0/s1. The Hall–Kier alpha value is -4.16. The van der Waals surface area contributed by atoms with Crippen molar-refractivity contribution in [2.75, 3.05) is 36.5 Å². The van der Waals surface area contributed by atoms with Crippen molar-refractivity contribution < 1.29 is 40.3 Å². The quantitative estimate of drug-likeness (QED) is 0.247. The van der Waals surface area contributed by atoms with Crippen molar-refractivity contribution in [3.05, 3.63) is 76.7 Å². The van der Waals surface area contributed by atoms with E-state index in [0.717, 1.165) is 4.90 Å². The number of halogens is 7. The number of aromatic nitrogens is 1. The Morgan fingerprint density at radius 2 is 1.52 bits per heavy atom. The topological polar surface area (TPSA) is 56.8 Å². The number of amides is 2. The molecule has 0 bridgehead atoms. The molecule has 1 aliphatic heterocycles. The zero-order valence-electron chi connectivity index (χ0n) is 26.3. The lowest BCUT2D eigenvalue weighted by atomic mass is 9.81. The zero-order valence-corrected chi connectivity index (χ0v) is 26.3. The minimum atomic E-state index is -5.08. The first kappa shape index (κ1) is 34.7. The van der Waals surface area contributed by atoms with Crippen LogP contribution in [0.5, 0.6) is 0 Å². The van der Waals surface area contributed by atoms with Crippen molar-refractivity contribution in [1.82, 2.24) is 9.88 Å². The number of benzene rings is 2. The molecule has 3 aromatic rings. The van der Waals surface area contributed by atoms with Crippen LogP contribution in [0.2, 0.25) is 0 Å². The highest BCUT2D eigenvalue weighted by molar-refractivity contribution is 6.03. The molecule has 1 fully saturated rings. The monoisotopic (exact) mass is 652 g/mol. The highest BCUT2D eigenvalue weighted by Gasteiger charge is 2.41. The summed E-state index contributed by atoms with van der Waals surface area (Å²) in [6, 6.07) is 6.88. The van der Waals surface area contributed by atoms with Crippen LogP contribution in [0.1, 0.15) is 56.4 Å². The number of alkyl halides is 6. The zero-order chi connectivity index (χ0) is 34.4. The van der Waals surface area contributed by atoms with Crippen molar-refractivity contribution in [3.63, 3.8) is 0 Å². The Labute approximate surface area is 262 Å². The Morgan fingerprint density at radius 1 is 0.935 bits per heavy atom. The second-order valence-corrected chi connectivity index (χ2v) is 12.0. The minimum Gasteiger partial charge on any atom is -0.354 e. The summed E-state index contributed by atoms with van der Waals surface area (Å²) in [6.07, 6.45) is -8.06. The fourth-order valence-corrected chi connectivity index (χ4v) is 5.93. The van der Waals surface area contributed by atoms with Gasteiger partial charge in [-0.05, 0) is 87.2 Å². The SMILES string of the molecule is CCN(C(C)=O)[C@H]1CCN(c2cc(-c3ccc(F)cc3C)c(N(C)C(=O)C(C)(C)c3cc(C(F)(F)F)cc(C(F)(F)F)c3)cn2)C1. The van der Waals surface area contributed by atoms with Crippen LogP contribution in [-0.4, -0.2) is 54.4 Å². The number of hydrogen-bond donors (Lipinski definition) is 0. The molecule has 13 heteroatoms. The second-order valence-electron chi connectivity index (χ2n) is 12.0. The van der Waals surface area contributed by atoms with E-state index >= 15 is 0 Å². The average molecular weight is 653 g/mol. The molecular formula is C33H35F7N4O2. The maximum Gasteiger partial charge on any atom is 0.416 e. The molecule has 1 atom stereocenters. The number of hydrogen-bond acceptors (Lipinski definition) is 4.